The van der Waals surface area contributed by atoms with Crippen molar-refractivity contribution in [3.05, 3.63) is 44.9 Å². The molecular formula is C22H25ClN2OS. The van der Waals surface area contributed by atoms with Gasteiger partial charge in [0.25, 0.3) is 0 Å². The third-order valence-corrected chi connectivity index (χ3v) is 8.04. The van der Waals surface area contributed by atoms with E-state index in [1.54, 1.807) is 11.3 Å². The number of aromatic nitrogens is 1. The van der Waals surface area contributed by atoms with Crippen LogP contribution >= 0.6 is 22.9 Å². The summed E-state index contributed by atoms with van der Waals surface area (Å²) in [4.78, 5) is 16.7. The van der Waals surface area contributed by atoms with Crippen molar-refractivity contribution in [1.82, 2.24) is 4.98 Å². The Kier molecular flexibility index (Phi) is 4.32. The van der Waals surface area contributed by atoms with Crippen molar-refractivity contribution in [2.45, 2.75) is 57.3 Å². The summed E-state index contributed by atoms with van der Waals surface area (Å²) in [6.07, 6.45) is 8.58. The SMILES string of the molecule is Cc1nc(CC(=O)Nc2ccc(C34CC5CC(CC(C5)C3)C4)cc2Cl)cs1. The molecule has 4 aliphatic rings. The van der Waals surface area contributed by atoms with Crippen LogP contribution in [0.15, 0.2) is 23.6 Å². The van der Waals surface area contributed by atoms with Crippen molar-refractivity contribution in [2.24, 2.45) is 17.8 Å². The fourth-order valence-corrected chi connectivity index (χ4v) is 7.10. The van der Waals surface area contributed by atoms with Gasteiger partial charge in [-0.1, -0.05) is 17.7 Å². The molecule has 4 bridgehead atoms. The summed E-state index contributed by atoms with van der Waals surface area (Å²) in [5.41, 5.74) is 3.25. The molecule has 0 saturated heterocycles. The van der Waals surface area contributed by atoms with Crippen LogP contribution in [0.4, 0.5) is 5.69 Å². The van der Waals surface area contributed by atoms with Crippen LogP contribution in [0.3, 0.4) is 0 Å². The van der Waals surface area contributed by atoms with E-state index in [-0.39, 0.29) is 12.3 Å². The van der Waals surface area contributed by atoms with Crippen molar-refractivity contribution in [3.63, 3.8) is 0 Å². The number of anilines is 1. The van der Waals surface area contributed by atoms with E-state index in [2.05, 4.69) is 22.4 Å². The molecule has 0 aliphatic heterocycles. The number of nitrogens with one attached hydrogen (secondary N) is 1. The van der Waals surface area contributed by atoms with Gasteiger partial charge in [0.05, 0.1) is 27.8 Å². The highest BCUT2D eigenvalue weighted by molar-refractivity contribution is 7.09. The number of carbonyl (C=O) groups excluding carboxylic acids is 1. The lowest BCUT2D eigenvalue weighted by Crippen LogP contribution is -2.48. The van der Waals surface area contributed by atoms with E-state index in [4.69, 9.17) is 11.6 Å². The van der Waals surface area contributed by atoms with Crippen molar-refractivity contribution in [2.75, 3.05) is 5.32 Å². The monoisotopic (exact) mass is 400 g/mol. The molecule has 142 valence electrons. The van der Waals surface area contributed by atoms with Crippen LogP contribution in [0.1, 0.15) is 54.8 Å². The highest BCUT2D eigenvalue weighted by Gasteiger charge is 2.51. The zero-order chi connectivity index (χ0) is 18.6. The Labute approximate surface area is 169 Å². The molecule has 4 aliphatic carbocycles. The fourth-order valence-electron chi connectivity index (χ4n) is 6.26. The number of hydrogen-bond donors (Lipinski definition) is 1. The normalized spacial score (nSPS) is 31.3. The summed E-state index contributed by atoms with van der Waals surface area (Å²) in [5, 5.41) is 6.54. The topological polar surface area (TPSA) is 42.0 Å². The molecule has 1 aromatic carbocycles. The molecule has 1 heterocycles. The maximum absolute atomic E-state index is 12.3. The van der Waals surface area contributed by atoms with Gasteiger partial charge in [0.15, 0.2) is 0 Å². The predicted octanol–water partition coefficient (Wildman–Crippen LogP) is 5.75. The number of thiazole rings is 1. The van der Waals surface area contributed by atoms with Gasteiger partial charge in [-0.15, -0.1) is 11.3 Å². The summed E-state index contributed by atoms with van der Waals surface area (Å²) in [6, 6.07) is 6.33. The highest BCUT2D eigenvalue weighted by atomic mass is 35.5. The molecule has 0 spiro atoms. The quantitative estimate of drug-likeness (QED) is 0.709. The van der Waals surface area contributed by atoms with Gasteiger partial charge >= 0.3 is 0 Å². The van der Waals surface area contributed by atoms with Crippen LogP contribution in [-0.2, 0) is 16.6 Å². The Morgan fingerprint density at radius 1 is 1.22 bits per heavy atom. The molecule has 27 heavy (non-hydrogen) atoms. The zero-order valence-corrected chi connectivity index (χ0v) is 17.2. The molecule has 1 aromatic heterocycles. The largest absolute Gasteiger partial charge is 0.324 e. The van der Waals surface area contributed by atoms with Crippen molar-refractivity contribution in [1.29, 1.82) is 0 Å². The lowest BCUT2D eigenvalue weighted by Gasteiger charge is -2.57. The number of carbonyl (C=O) groups is 1. The third kappa shape index (κ3) is 3.31. The molecule has 5 heteroatoms. The van der Waals surface area contributed by atoms with Gasteiger partial charge in [0.1, 0.15) is 0 Å². The molecule has 4 fully saturated rings. The standard InChI is InChI=1S/C22H25ClN2OS/c1-13-24-18(12-27-13)8-21(26)25-20-3-2-17(7-19(20)23)22-9-14-4-15(10-22)6-16(5-14)11-22/h2-3,7,12,14-16H,4-6,8-11H2,1H3,(H,25,26). The Morgan fingerprint density at radius 3 is 2.44 bits per heavy atom. The van der Waals surface area contributed by atoms with Crippen LogP contribution in [0.25, 0.3) is 0 Å². The Bertz CT molecular complexity index is 855. The lowest BCUT2D eigenvalue weighted by molar-refractivity contribution is -0.115. The molecule has 0 atom stereocenters. The van der Waals surface area contributed by atoms with E-state index in [1.807, 2.05) is 18.4 Å². The summed E-state index contributed by atoms with van der Waals surface area (Å²) in [5.74, 6) is 2.67. The summed E-state index contributed by atoms with van der Waals surface area (Å²) < 4.78 is 0. The second-order valence-electron chi connectivity index (χ2n) is 8.98. The number of hydrogen-bond acceptors (Lipinski definition) is 3. The number of aryl methyl sites for hydroxylation is 1. The van der Waals surface area contributed by atoms with Crippen molar-refractivity contribution < 1.29 is 4.79 Å². The molecule has 3 nitrogen and oxygen atoms in total. The first-order chi connectivity index (χ1) is 13.0. The smallest absolute Gasteiger partial charge is 0.230 e. The van der Waals surface area contributed by atoms with Crippen LogP contribution in [0, 0.1) is 24.7 Å². The second-order valence-corrected chi connectivity index (χ2v) is 10.4. The Morgan fingerprint density at radius 2 is 1.89 bits per heavy atom. The third-order valence-electron chi connectivity index (χ3n) is 6.90. The molecule has 1 amide bonds. The maximum atomic E-state index is 12.3. The van der Waals surface area contributed by atoms with E-state index in [1.165, 1.54) is 44.1 Å². The Balaban J connectivity index is 1.33. The molecular weight excluding hydrogens is 376 g/mol. The number of amides is 1. The average molecular weight is 401 g/mol. The molecule has 2 aromatic rings. The summed E-state index contributed by atoms with van der Waals surface area (Å²) >= 11 is 8.16. The van der Waals surface area contributed by atoms with Gasteiger partial charge < -0.3 is 5.32 Å². The van der Waals surface area contributed by atoms with Crippen LogP contribution < -0.4 is 5.32 Å². The first kappa shape index (κ1) is 17.7. The first-order valence-corrected chi connectivity index (χ1v) is 11.3. The zero-order valence-electron chi connectivity index (χ0n) is 15.6. The minimum Gasteiger partial charge on any atom is -0.324 e. The average Bonchev–Trinajstić information content (AvgIpc) is 3.00. The van der Waals surface area contributed by atoms with Crippen molar-refractivity contribution in [3.8, 4) is 0 Å². The van der Waals surface area contributed by atoms with E-state index < -0.39 is 0 Å². The number of rotatable bonds is 4. The highest BCUT2D eigenvalue weighted by Crippen LogP contribution is 2.60. The maximum Gasteiger partial charge on any atom is 0.230 e. The summed E-state index contributed by atoms with van der Waals surface area (Å²) in [6.45, 7) is 1.95. The van der Waals surface area contributed by atoms with Gasteiger partial charge in [-0.2, -0.15) is 0 Å². The minimum absolute atomic E-state index is 0.0650. The van der Waals surface area contributed by atoms with Crippen LogP contribution in [-0.4, -0.2) is 10.9 Å². The molecule has 0 unspecified atom stereocenters. The van der Waals surface area contributed by atoms with Gasteiger partial charge in [-0.25, -0.2) is 4.98 Å². The Hall–Kier alpha value is -1.39. The van der Waals surface area contributed by atoms with Crippen LogP contribution in [0.5, 0.6) is 0 Å². The molecule has 4 saturated carbocycles. The number of benzene rings is 1. The lowest BCUT2D eigenvalue weighted by atomic mass is 9.48. The second kappa shape index (κ2) is 6.59. The van der Waals surface area contributed by atoms with Crippen molar-refractivity contribution >= 4 is 34.5 Å². The van der Waals surface area contributed by atoms with Gasteiger partial charge in [0, 0.05) is 5.38 Å². The predicted molar refractivity (Wildman–Crippen MR) is 110 cm³/mol. The molecule has 1 N–H and O–H groups in total. The minimum atomic E-state index is -0.0650. The first-order valence-electron chi connectivity index (χ1n) is 10.00. The molecule has 6 rings (SSSR count). The van der Waals surface area contributed by atoms with Crippen LogP contribution in [0.2, 0.25) is 5.02 Å². The number of nitrogens with zero attached hydrogens (tertiary/aromatic N) is 1. The van der Waals surface area contributed by atoms with E-state index in [0.29, 0.717) is 16.1 Å². The van der Waals surface area contributed by atoms with E-state index >= 15 is 0 Å². The molecule has 0 radical (unpaired) electrons. The van der Waals surface area contributed by atoms with Gasteiger partial charge in [-0.05, 0) is 86.3 Å². The van der Waals surface area contributed by atoms with Gasteiger partial charge in [0.2, 0.25) is 5.91 Å². The van der Waals surface area contributed by atoms with E-state index in [9.17, 15) is 4.79 Å². The summed E-state index contributed by atoms with van der Waals surface area (Å²) in [7, 11) is 0. The fraction of sp³-hybridized carbons (Fsp3) is 0.545. The number of halogens is 1. The van der Waals surface area contributed by atoms with Gasteiger partial charge in [-0.3, -0.25) is 4.79 Å². The van der Waals surface area contributed by atoms with E-state index in [0.717, 1.165) is 28.5 Å².